The second-order valence-corrected chi connectivity index (χ2v) is 4.70. The molecule has 0 aliphatic carbocycles. The summed E-state index contributed by atoms with van der Waals surface area (Å²) in [6.07, 6.45) is 4.58. The maximum absolute atomic E-state index is 5.80. The smallest absolute Gasteiger partial charge is 0.115 e. The van der Waals surface area contributed by atoms with Crippen molar-refractivity contribution in [3.63, 3.8) is 0 Å². The molecule has 4 nitrogen and oxygen atoms in total. The van der Waals surface area contributed by atoms with E-state index in [1.165, 1.54) is 11.1 Å². The summed E-state index contributed by atoms with van der Waals surface area (Å²) in [7, 11) is 0. The van der Waals surface area contributed by atoms with Crippen LogP contribution in [0.15, 0.2) is 36.8 Å². The predicted molar refractivity (Wildman–Crippen MR) is 78.0 cm³/mol. The highest BCUT2D eigenvalue weighted by Crippen LogP contribution is 2.18. The summed E-state index contributed by atoms with van der Waals surface area (Å²) in [5, 5.41) is 0. The maximum atomic E-state index is 5.80. The average Bonchev–Trinajstić information content (AvgIpc) is 2.39. The first kappa shape index (κ1) is 13.8. The van der Waals surface area contributed by atoms with E-state index in [-0.39, 0.29) is 12.4 Å². The molecule has 3 rings (SSSR count). The molecule has 0 spiro atoms. The Morgan fingerprint density at radius 2 is 2.21 bits per heavy atom. The van der Waals surface area contributed by atoms with Crippen molar-refractivity contribution in [2.75, 3.05) is 12.3 Å². The Hall–Kier alpha value is -1.65. The summed E-state index contributed by atoms with van der Waals surface area (Å²) in [5.41, 5.74) is 10.3. The SMILES string of the molecule is Cl.Nc1cccc(CN2CCc3cncnc3C2)c1. The van der Waals surface area contributed by atoms with E-state index < -0.39 is 0 Å². The largest absolute Gasteiger partial charge is 0.399 e. The summed E-state index contributed by atoms with van der Waals surface area (Å²) >= 11 is 0. The van der Waals surface area contributed by atoms with Crippen molar-refractivity contribution >= 4 is 18.1 Å². The third kappa shape index (κ3) is 3.22. The number of hydrogen-bond donors (Lipinski definition) is 1. The van der Waals surface area contributed by atoms with Gasteiger partial charge in [0.05, 0.1) is 5.69 Å². The number of nitrogen functional groups attached to an aromatic ring is 1. The first-order chi connectivity index (χ1) is 8.81. The lowest BCUT2D eigenvalue weighted by Gasteiger charge is -2.27. The fourth-order valence-corrected chi connectivity index (χ4v) is 2.39. The fourth-order valence-electron chi connectivity index (χ4n) is 2.39. The van der Waals surface area contributed by atoms with Crippen LogP contribution in [0, 0.1) is 0 Å². The molecule has 0 unspecified atom stereocenters. The van der Waals surface area contributed by atoms with Crippen molar-refractivity contribution < 1.29 is 0 Å². The van der Waals surface area contributed by atoms with Crippen LogP contribution in [0.25, 0.3) is 0 Å². The maximum Gasteiger partial charge on any atom is 0.115 e. The van der Waals surface area contributed by atoms with Gasteiger partial charge in [0.1, 0.15) is 6.33 Å². The Labute approximate surface area is 119 Å². The molecule has 0 fully saturated rings. The highest BCUT2D eigenvalue weighted by molar-refractivity contribution is 5.85. The topological polar surface area (TPSA) is 55.0 Å². The molecule has 2 heterocycles. The summed E-state index contributed by atoms with van der Waals surface area (Å²) in [6.45, 7) is 2.87. The van der Waals surface area contributed by atoms with Gasteiger partial charge in [0.15, 0.2) is 0 Å². The number of nitrogens with zero attached hydrogens (tertiary/aromatic N) is 3. The van der Waals surface area contributed by atoms with Crippen molar-refractivity contribution in [1.82, 2.24) is 14.9 Å². The van der Waals surface area contributed by atoms with E-state index in [0.717, 1.165) is 37.4 Å². The zero-order valence-corrected chi connectivity index (χ0v) is 11.4. The van der Waals surface area contributed by atoms with Crippen LogP contribution < -0.4 is 5.73 Å². The van der Waals surface area contributed by atoms with Crippen LogP contribution in [-0.2, 0) is 19.5 Å². The molecule has 0 saturated carbocycles. The van der Waals surface area contributed by atoms with Crippen LogP contribution in [0.4, 0.5) is 5.69 Å². The number of anilines is 1. The van der Waals surface area contributed by atoms with Gasteiger partial charge in [-0.15, -0.1) is 12.4 Å². The van der Waals surface area contributed by atoms with E-state index in [0.29, 0.717) is 0 Å². The number of halogens is 1. The fraction of sp³-hybridized carbons (Fsp3) is 0.286. The molecule has 1 aromatic carbocycles. The van der Waals surface area contributed by atoms with Crippen molar-refractivity contribution in [1.29, 1.82) is 0 Å². The first-order valence-corrected chi connectivity index (χ1v) is 6.16. The Morgan fingerprint density at radius 3 is 3.05 bits per heavy atom. The molecule has 0 atom stereocenters. The molecule has 100 valence electrons. The van der Waals surface area contributed by atoms with Crippen molar-refractivity contribution in [2.24, 2.45) is 0 Å². The minimum atomic E-state index is 0. The minimum absolute atomic E-state index is 0. The predicted octanol–water partition coefficient (Wildman–Crippen LogP) is 2.04. The van der Waals surface area contributed by atoms with Crippen molar-refractivity contribution in [3.05, 3.63) is 53.6 Å². The minimum Gasteiger partial charge on any atom is -0.399 e. The third-order valence-corrected chi connectivity index (χ3v) is 3.31. The highest BCUT2D eigenvalue weighted by atomic mass is 35.5. The van der Waals surface area contributed by atoms with E-state index in [1.54, 1.807) is 6.33 Å². The molecule has 1 aliphatic heterocycles. The molecular formula is C14H17ClN4. The van der Waals surface area contributed by atoms with Gasteiger partial charge in [-0.2, -0.15) is 0 Å². The number of benzene rings is 1. The Morgan fingerprint density at radius 1 is 1.32 bits per heavy atom. The van der Waals surface area contributed by atoms with Crippen molar-refractivity contribution in [2.45, 2.75) is 19.5 Å². The second kappa shape index (κ2) is 5.99. The molecule has 1 aliphatic rings. The van der Waals surface area contributed by atoms with E-state index >= 15 is 0 Å². The van der Waals surface area contributed by atoms with Crippen LogP contribution in [0.1, 0.15) is 16.8 Å². The molecule has 19 heavy (non-hydrogen) atoms. The molecule has 1 aromatic heterocycles. The van der Waals surface area contributed by atoms with E-state index in [1.807, 2.05) is 24.4 Å². The quantitative estimate of drug-likeness (QED) is 0.853. The zero-order valence-electron chi connectivity index (χ0n) is 10.6. The van der Waals surface area contributed by atoms with Gasteiger partial charge in [0, 0.05) is 31.5 Å². The molecule has 0 saturated heterocycles. The molecule has 0 amide bonds. The van der Waals surface area contributed by atoms with E-state index in [4.69, 9.17) is 5.73 Å². The van der Waals surface area contributed by atoms with Gasteiger partial charge < -0.3 is 5.73 Å². The van der Waals surface area contributed by atoms with E-state index in [9.17, 15) is 0 Å². The second-order valence-electron chi connectivity index (χ2n) is 4.70. The van der Waals surface area contributed by atoms with Crippen LogP contribution >= 0.6 is 12.4 Å². The number of hydrogen-bond acceptors (Lipinski definition) is 4. The van der Waals surface area contributed by atoms with Crippen LogP contribution in [0.2, 0.25) is 0 Å². The van der Waals surface area contributed by atoms with Gasteiger partial charge in [0.2, 0.25) is 0 Å². The Bertz CT molecular complexity index is 559. The Kier molecular flexibility index (Phi) is 4.35. The highest BCUT2D eigenvalue weighted by Gasteiger charge is 2.17. The first-order valence-electron chi connectivity index (χ1n) is 6.16. The summed E-state index contributed by atoms with van der Waals surface area (Å²) in [6, 6.07) is 8.08. The van der Waals surface area contributed by atoms with Crippen LogP contribution in [0.5, 0.6) is 0 Å². The van der Waals surface area contributed by atoms with Gasteiger partial charge in [-0.1, -0.05) is 12.1 Å². The van der Waals surface area contributed by atoms with E-state index in [2.05, 4.69) is 20.9 Å². The van der Waals surface area contributed by atoms with Gasteiger partial charge in [-0.05, 0) is 29.7 Å². The number of fused-ring (bicyclic) bond motifs is 1. The number of nitrogens with two attached hydrogens (primary N) is 1. The molecule has 2 aromatic rings. The Balaban J connectivity index is 0.00000133. The lowest BCUT2D eigenvalue weighted by molar-refractivity contribution is 0.241. The summed E-state index contributed by atoms with van der Waals surface area (Å²) < 4.78 is 0. The third-order valence-electron chi connectivity index (χ3n) is 3.31. The van der Waals surface area contributed by atoms with Crippen LogP contribution in [-0.4, -0.2) is 21.4 Å². The molecule has 5 heteroatoms. The van der Waals surface area contributed by atoms with Gasteiger partial charge in [-0.25, -0.2) is 9.97 Å². The lowest BCUT2D eigenvalue weighted by Crippen LogP contribution is -2.30. The van der Waals surface area contributed by atoms with Crippen LogP contribution in [0.3, 0.4) is 0 Å². The average molecular weight is 277 g/mol. The zero-order chi connectivity index (χ0) is 12.4. The van der Waals surface area contributed by atoms with Gasteiger partial charge in [0.25, 0.3) is 0 Å². The standard InChI is InChI=1S/C14H16N4.ClH/c15-13-3-1-2-11(6-13)8-18-5-4-12-7-16-10-17-14(12)9-18;/h1-3,6-7,10H,4-5,8-9,15H2;1H. The normalized spacial score (nSPS) is 14.5. The summed E-state index contributed by atoms with van der Waals surface area (Å²) in [5.74, 6) is 0. The molecule has 0 radical (unpaired) electrons. The van der Waals surface area contributed by atoms with Crippen molar-refractivity contribution in [3.8, 4) is 0 Å². The van der Waals surface area contributed by atoms with Gasteiger partial charge in [-0.3, -0.25) is 4.90 Å². The number of rotatable bonds is 2. The van der Waals surface area contributed by atoms with Gasteiger partial charge >= 0.3 is 0 Å². The molecule has 0 bridgehead atoms. The molecular weight excluding hydrogens is 260 g/mol. The lowest BCUT2D eigenvalue weighted by atomic mass is 10.1. The number of aromatic nitrogens is 2. The monoisotopic (exact) mass is 276 g/mol. The molecule has 2 N–H and O–H groups in total. The summed E-state index contributed by atoms with van der Waals surface area (Å²) in [4.78, 5) is 10.8.